The normalized spacial score (nSPS) is 23.8. The molecule has 0 radical (unpaired) electrons. The molecule has 1 saturated carbocycles. The molecule has 0 aromatic heterocycles. The highest BCUT2D eigenvalue weighted by Crippen LogP contribution is 2.39. The number of amides is 1. The molecule has 7 heteroatoms. The Kier molecular flexibility index (Phi) is 3.06. The zero-order chi connectivity index (χ0) is 14.3. The minimum Gasteiger partial charge on any atom is -0.483 e. The summed E-state index contributed by atoms with van der Waals surface area (Å²) in [7, 11) is 0. The van der Waals surface area contributed by atoms with E-state index in [4.69, 9.17) is 10.5 Å². The Morgan fingerprint density at radius 2 is 2.20 bits per heavy atom. The molecule has 0 atom stereocenters. The molecule has 1 fully saturated rings. The Labute approximate surface area is 115 Å². The van der Waals surface area contributed by atoms with Gasteiger partial charge in [0.1, 0.15) is 0 Å². The van der Waals surface area contributed by atoms with Crippen LogP contribution in [0.3, 0.4) is 0 Å². The number of nitro benzene ring substituents is 1. The van der Waals surface area contributed by atoms with Crippen molar-refractivity contribution in [3.05, 3.63) is 27.8 Å². The number of anilines is 1. The number of ether oxygens (including phenoxy) is 1. The molecular formula is C13H15N3O4. The second-order valence-electron chi connectivity index (χ2n) is 5.27. The third-order valence-electron chi connectivity index (χ3n) is 3.83. The Hall–Kier alpha value is -2.15. The highest BCUT2D eigenvalue weighted by Gasteiger charge is 2.33. The van der Waals surface area contributed by atoms with Crippen LogP contribution >= 0.6 is 0 Å². The predicted octanol–water partition coefficient (Wildman–Crippen LogP) is 1.21. The van der Waals surface area contributed by atoms with Crippen LogP contribution in [-0.2, 0) is 11.2 Å². The van der Waals surface area contributed by atoms with Gasteiger partial charge in [-0.2, -0.15) is 0 Å². The smallest absolute Gasteiger partial charge is 0.311 e. The van der Waals surface area contributed by atoms with Crippen molar-refractivity contribution in [3.8, 4) is 5.75 Å². The van der Waals surface area contributed by atoms with Gasteiger partial charge in [0, 0.05) is 17.8 Å². The average molecular weight is 277 g/mol. The van der Waals surface area contributed by atoms with Crippen LogP contribution in [0.1, 0.15) is 18.4 Å². The SMILES string of the molecule is NCC1CC(Oc2cc3c(cc2[N+](=O)[O-])CC(=O)N3)C1. The van der Waals surface area contributed by atoms with Crippen LogP contribution in [0.2, 0.25) is 0 Å². The highest BCUT2D eigenvalue weighted by atomic mass is 16.6. The Balaban J connectivity index is 1.84. The number of hydrogen-bond donors (Lipinski definition) is 2. The summed E-state index contributed by atoms with van der Waals surface area (Å²) in [4.78, 5) is 22.0. The van der Waals surface area contributed by atoms with E-state index in [-0.39, 0.29) is 29.9 Å². The first-order chi connectivity index (χ1) is 9.56. The maximum atomic E-state index is 11.3. The number of carbonyl (C=O) groups is 1. The quantitative estimate of drug-likeness (QED) is 0.635. The lowest BCUT2D eigenvalue weighted by Crippen LogP contribution is -2.37. The minimum atomic E-state index is -0.475. The largest absolute Gasteiger partial charge is 0.483 e. The topological polar surface area (TPSA) is 107 Å². The van der Waals surface area contributed by atoms with E-state index in [2.05, 4.69) is 5.32 Å². The molecule has 3 rings (SSSR count). The fourth-order valence-corrected chi connectivity index (χ4v) is 2.62. The van der Waals surface area contributed by atoms with Crippen LogP contribution in [-0.4, -0.2) is 23.5 Å². The minimum absolute atomic E-state index is 0.0302. The Morgan fingerprint density at radius 1 is 1.45 bits per heavy atom. The fraction of sp³-hybridized carbons (Fsp3) is 0.462. The standard InChI is InChI=1S/C13H15N3O4/c14-6-7-1-9(2-7)20-12-5-10-8(4-13(17)15-10)3-11(12)16(18)19/h3,5,7,9H,1-2,4,6,14H2,(H,15,17). The van der Waals surface area contributed by atoms with Gasteiger partial charge in [-0.25, -0.2) is 0 Å². The number of carbonyl (C=O) groups excluding carboxylic acids is 1. The number of fused-ring (bicyclic) bond motifs is 1. The van der Waals surface area contributed by atoms with Gasteiger partial charge in [0.25, 0.3) is 0 Å². The summed E-state index contributed by atoms with van der Waals surface area (Å²) < 4.78 is 5.69. The lowest BCUT2D eigenvalue weighted by Gasteiger charge is -2.34. The monoisotopic (exact) mass is 277 g/mol. The Morgan fingerprint density at radius 3 is 2.85 bits per heavy atom. The molecule has 20 heavy (non-hydrogen) atoms. The predicted molar refractivity (Wildman–Crippen MR) is 71.6 cm³/mol. The molecule has 106 valence electrons. The van der Waals surface area contributed by atoms with Gasteiger partial charge in [0.05, 0.1) is 17.4 Å². The lowest BCUT2D eigenvalue weighted by molar-refractivity contribution is -0.386. The van der Waals surface area contributed by atoms with Crippen LogP contribution < -0.4 is 15.8 Å². The van der Waals surface area contributed by atoms with Gasteiger partial charge in [-0.3, -0.25) is 14.9 Å². The van der Waals surface area contributed by atoms with Gasteiger partial charge in [0.2, 0.25) is 5.91 Å². The van der Waals surface area contributed by atoms with E-state index < -0.39 is 4.92 Å². The maximum absolute atomic E-state index is 11.3. The fourth-order valence-electron chi connectivity index (χ4n) is 2.62. The first-order valence-electron chi connectivity index (χ1n) is 6.54. The number of nitrogens with two attached hydrogens (primary N) is 1. The third kappa shape index (κ3) is 2.20. The van der Waals surface area contributed by atoms with E-state index in [0.717, 1.165) is 12.8 Å². The van der Waals surface area contributed by atoms with Crippen LogP contribution in [0.25, 0.3) is 0 Å². The molecule has 0 bridgehead atoms. The molecule has 1 amide bonds. The van der Waals surface area contributed by atoms with Crippen molar-refractivity contribution in [2.45, 2.75) is 25.4 Å². The van der Waals surface area contributed by atoms with Crippen LogP contribution in [0.5, 0.6) is 5.75 Å². The molecule has 1 heterocycles. The van der Waals surface area contributed by atoms with E-state index >= 15 is 0 Å². The molecule has 1 aromatic rings. The molecule has 3 N–H and O–H groups in total. The summed E-state index contributed by atoms with van der Waals surface area (Å²) >= 11 is 0. The van der Waals surface area contributed by atoms with E-state index in [0.29, 0.717) is 23.7 Å². The zero-order valence-corrected chi connectivity index (χ0v) is 10.8. The third-order valence-corrected chi connectivity index (χ3v) is 3.83. The number of nitrogens with one attached hydrogen (secondary N) is 1. The van der Waals surface area contributed by atoms with Gasteiger partial charge in [0.15, 0.2) is 5.75 Å². The molecule has 1 aliphatic heterocycles. The first kappa shape index (κ1) is 12.9. The zero-order valence-electron chi connectivity index (χ0n) is 10.8. The average Bonchev–Trinajstić information content (AvgIpc) is 2.70. The summed E-state index contributed by atoms with van der Waals surface area (Å²) in [6.07, 6.45) is 1.78. The summed E-state index contributed by atoms with van der Waals surface area (Å²) in [6.45, 7) is 0.613. The number of nitro groups is 1. The molecular weight excluding hydrogens is 262 g/mol. The maximum Gasteiger partial charge on any atom is 0.311 e. The first-order valence-corrected chi connectivity index (χ1v) is 6.54. The van der Waals surface area contributed by atoms with Crippen molar-refractivity contribution >= 4 is 17.3 Å². The summed E-state index contributed by atoms with van der Waals surface area (Å²) in [6, 6.07) is 2.97. The van der Waals surface area contributed by atoms with Gasteiger partial charge in [-0.05, 0) is 30.9 Å². The van der Waals surface area contributed by atoms with Gasteiger partial charge in [-0.15, -0.1) is 0 Å². The van der Waals surface area contributed by atoms with Crippen molar-refractivity contribution in [1.29, 1.82) is 0 Å². The molecule has 7 nitrogen and oxygen atoms in total. The highest BCUT2D eigenvalue weighted by molar-refractivity contribution is 5.99. The molecule has 0 saturated heterocycles. The molecule has 1 aliphatic carbocycles. The molecule has 0 spiro atoms. The van der Waals surface area contributed by atoms with Gasteiger partial charge >= 0.3 is 5.69 Å². The molecule has 1 aromatic carbocycles. The number of hydrogen-bond acceptors (Lipinski definition) is 5. The van der Waals surface area contributed by atoms with Crippen LogP contribution in [0.4, 0.5) is 11.4 Å². The van der Waals surface area contributed by atoms with Crippen LogP contribution in [0, 0.1) is 16.0 Å². The van der Waals surface area contributed by atoms with E-state index in [1.807, 2.05) is 0 Å². The summed E-state index contributed by atoms with van der Waals surface area (Å²) in [5, 5.41) is 13.8. The second-order valence-corrected chi connectivity index (χ2v) is 5.27. The van der Waals surface area contributed by atoms with E-state index in [9.17, 15) is 14.9 Å². The number of benzene rings is 1. The van der Waals surface area contributed by atoms with E-state index in [1.165, 1.54) is 6.07 Å². The van der Waals surface area contributed by atoms with Crippen molar-refractivity contribution in [3.63, 3.8) is 0 Å². The van der Waals surface area contributed by atoms with Crippen molar-refractivity contribution in [1.82, 2.24) is 0 Å². The van der Waals surface area contributed by atoms with Gasteiger partial charge < -0.3 is 15.8 Å². The summed E-state index contributed by atoms with van der Waals surface area (Å²) in [5.41, 5.74) is 6.70. The number of nitrogens with zero attached hydrogens (tertiary/aromatic N) is 1. The lowest BCUT2D eigenvalue weighted by atomic mass is 9.82. The number of rotatable bonds is 4. The second kappa shape index (κ2) is 4.75. The molecule has 0 unspecified atom stereocenters. The van der Waals surface area contributed by atoms with Crippen molar-refractivity contribution < 1.29 is 14.5 Å². The van der Waals surface area contributed by atoms with Crippen molar-refractivity contribution in [2.24, 2.45) is 11.7 Å². The van der Waals surface area contributed by atoms with Crippen molar-refractivity contribution in [2.75, 3.05) is 11.9 Å². The Bertz CT molecular complexity index is 581. The van der Waals surface area contributed by atoms with E-state index in [1.54, 1.807) is 6.07 Å². The van der Waals surface area contributed by atoms with Gasteiger partial charge in [-0.1, -0.05) is 0 Å². The molecule has 2 aliphatic rings. The van der Waals surface area contributed by atoms with Crippen LogP contribution in [0.15, 0.2) is 12.1 Å². The summed E-state index contributed by atoms with van der Waals surface area (Å²) in [5.74, 6) is 0.503.